The number of ketones is 2. The average molecular weight is 731 g/mol. The molecular formula is C41H70N4O7. The molecule has 4 heterocycles. The predicted octanol–water partition coefficient (Wildman–Crippen LogP) is 8.03. The maximum absolute atomic E-state index is 13.9. The van der Waals surface area contributed by atoms with Gasteiger partial charge in [-0.15, -0.1) is 0 Å². The fraction of sp³-hybridized carbons (Fsp3) is 0.732. The maximum atomic E-state index is 13.9. The summed E-state index contributed by atoms with van der Waals surface area (Å²) >= 11 is 0. The van der Waals surface area contributed by atoms with Crippen molar-refractivity contribution in [2.24, 2.45) is 23.7 Å². The summed E-state index contributed by atoms with van der Waals surface area (Å²) in [5, 5.41) is 10.3. The van der Waals surface area contributed by atoms with Crippen molar-refractivity contribution in [1.82, 2.24) is 19.4 Å². The molecule has 1 amide bonds. The number of pyridine rings is 1. The summed E-state index contributed by atoms with van der Waals surface area (Å²) in [7, 11) is 3.25. The summed E-state index contributed by atoms with van der Waals surface area (Å²) in [4.78, 5) is 50.9. The number of hydrogen-bond donors (Lipinski definition) is 1. The Morgan fingerprint density at radius 2 is 1.65 bits per heavy atom. The van der Waals surface area contributed by atoms with Crippen molar-refractivity contribution in [2.75, 3.05) is 27.4 Å². The van der Waals surface area contributed by atoms with Crippen molar-refractivity contribution >= 4 is 17.7 Å². The molecule has 0 aromatic carbocycles. The molecule has 52 heavy (non-hydrogen) atoms. The first-order valence-electron chi connectivity index (χ1n) is 19.6. The normalized spacial score (nSPS) is 28.1. The number of amides is 1. The van der Waals surface area contributed by atoms with E-state index < -0.39 is 41.8 Å². The number of aliphatic hydroxyl groups excluding tert-OH is 1. The Balaban J connectivity index is 0.00000180. The summed E-state index contributed by atoms with van der Waals surface area (Å²) < 4.78 is 18.9. The number of carbonyl (C=O) groups is 3. The maximum Gasteiger partial charge on any atom is 0.410 e. The van der Waals surface area contributed by atoms with Gasteiger partial charge in [0.1, 0.15) is 11.6 Å². The molecule has 0 radical (unpaired) electrons. The van der Waals surface area contributed by atoms with Crippen LogP contribution in [0.1, 0.15) is 114 Å². The molecule has 2 aliphatic rings. The fourth-order valence-corrected chi connectivity index (χ4v) is 7.31. The molecule has 2 fully saturated rings. The third-order valence-corrected chi connectivity index (χ3v) is 10.0. The standard InChI is InChI=1S/C35H52N4O6.C2H6O.2C2H6/c1-7-31-35(6)33(26(5)32(42)24(3)18-23(2)13-14-29(41)25(4)30(21-40)44-31)39(34(43)45-35)17-10-8-9-16-38-20-28(37-22-38)27-12-11-15-36-19-27;1-3-2;2*1-2/h11-12,15,19-20,22-26,30-31,33,40H,7-10,13-14,16-18,21H2,1-6H3;1-2H3;2*1-2H3/t23?,24-,25?,26?,30?,31-,33?,35-;;;/m1.../s1. The lowest BCUT2D eigenvalue weighted by molar-refractivity contribution is -0.161. The highest BCUT2D eigenvalue weighted by Crippen LogP contribution is 2.42. The molecule has 2 aromatic heterocycles. The lowest BCUT2D eigenvalue weighted by Gasteiger charge is -2.42. The number of Topliss-reactive ketones (excluding diaryl/α,β-unsaturated/α-hetero) is 2. The Labute approximate surface area is 314 Å². The number of hydrogen-bond acceptors (Lipinski definition) is 9. The van der Waals surface area contributed by atoms with Crippen molar-refractivity contribution in [3.05, 3.63) is 37.1 Å². The van der Waals surface area contributed by atoms with Crippen LogP contribution in [0.3, 0.4) is 0 Å². The van der Waals surface area contributed by atoms with Gasteiger partial charge in [0, 0.05) is 75.6 Å². The highest BCUT2D eigenvalue weighted by atomic mass is 16.6. The van der Waals surface area contributed by atoms with Crippen LogP contribution in [0.4, 0.5) is 4.79 Å². The van der Waals surface area contributed by atoms with Crippen LogP contribution in [-0.4, -0.2) is 93.4 Å². The van der Waals surface area contributed by atoms with Gasteiger partial charge in [0.25, 0.3) is 0 Å². The summed E-state index contributed by atoms with van der Waals surface area (Å²) in [5.41, 5.74) is 0.725. The van der Waals surface area contributed by atoms with Gasteiger partial charge in [-0.05, 0) is 63.5 Å². The minimum absolute atomic E-state index is 0.0379. The van der Waals surface area contributed by atoms with Crippen LogP contribution in [0.15, 0.2) is 37.1 Å². The highest BCUT2D eigenvalue weighted by molar-refractivity contribution is 5.85. The van der Waals surface area contributed by atoms with Gasteiger partial charge in [0.15, 0.2) is 5.60 Å². The molecule has 2 aromatic rings. The number of unbranched alkanes of at least 4 members (excludes halogenated alkanes) is 2. The molecule has 8 atom stereocenters. The highest BCUT2D eigenvalue weighted by Gasteiger charge is 2.59. The molecular weight excluding hydrogens is 660 g/mol. The first kappa shape index (κ1) is 46.9. The predicted molar refractivity (Wildman–Crippen MR) is 207 cm³/mol. The zero-order chi connectivity index (χ0) is 39.4. The zero-order valence-electron chi connectivity index (χ0n) is 34.3. The van der Waals surface area contributed by atoms with Gasteiger partial charge in [-0.3, -0.25) is 14.6 Å². The molecule has 0 aliphatic carbocycles. The van der Waals surface area contributed by atoms with Gasteiger partial charge in [-0.25, -0.2) is 9.78 Å². The number of ether oxygens (including phenoxy) is 3. The van der Waals surface area contributed by atoms with E-state index in [4.69, 9.17) is 9.47 Å². The molecule has 0 saturated carbocycles. The van der Waals surface area contributed by atoms with E-state index in [1.807, 2.05) is 80.0 Å². The summed E-state index contributed by atoms with van der Waals surface area (Å²) in [6, 6.07) is 3.34. The first-order valence-corrected chi connectivity index (χ1v) is 19.6. The lowest BCUT2D eigenvalue weighted by Crippen LogP contribution is -2.58. The second-order valence-corrected chi connectivity index (χ2v) is 13.9. The van der Waals surface area contributed by atoms with Crippen LogP contribution in [0.5, 0.6) is 0 Å². The molecule has 0 spiro atoms. The number of imidazole rings is 1. The van der Waals surface area contributed by atoms with Crippen LogP contribution < -0.4 is 0 Å². The number of aryl methyl sites for hydroxylation is 1. The number of nitrogens with zero attached hydrogens (tertiary/aromatic N) is 4. The van der Waals surface area contributed by atoms with E-state index in [2.05, 4.69) is 26.2 Å². The number of fused-ring (bicyclic) bond motifs is 1. The van der Waals surface area contributed by atoms with Crippen LogP contribution in [-0.2, 0) is 30.3 Å². The van der Waals surface area contributed by atoms with Crippen molar-refractivity contribution in [2.45, 2.75) is 145 Å². The quantitative estimate of drug-likeness (QED) is 0.255. The van der Waals surface area contributed by atoms with Crippen molar-refractivity contribution in [3.63, 3.8) is 0 Å². The number of rotatable bonds is 9. The monoisotopic (exact) mass is 731 g/mol. The largest absolute Gasteiger partial charge is 0.438 e. The fourth-order valence-electron chi connectivity index (χ4n) is 7.31. The van der Waals surface area contributed by atoms with Crippen LogP contribution in [0.25, 0.3) is 11.3 Å². The molecule has 11 nitrogen and oxygen atoms in total. The summed E-state index contributed by atoms with van der Waals surface area (Å²) in [6.07, 6.45) is 10.4. The zero-order valence-corrected chi connectivity index (χ0v) is 34.3. The van der Waals surface area contributed by atoms with Crippen LogP contribution >= 0.6 is 0 Å². The van der Waals surface area contributed by atoms with Crippen LogP contribution in [0.2, 0.25) is 0 Å². The Kier molecular flexibility index (Phi) is 21.8. The number of aliphatic hydroxyl groups is 1. The van der Waals surface area contributed by atoms with E-state index in [1.165, 1.54) is 0 Å². The molecule has 11 heteroatoms. The third-order valence-electron chi connectivity index (χ3n) is 10.0. The Morgan fingerprint density at radius 1 is 1.00 bits per heavy atom. The van der Waals surface area contributed by atoms with E-state index in [-0.39, 0.29) is 30.0 Å². The van der Waals surface area contributed by atoms with Crippen molar-refractivity contribution < 1.29 is 33.7 Å². The van der Waals surface area contributed by atoms with E-state index >= 15 is 0 Å². The van der Waals surface area contributed by atoms with Gasteiger partial charge >= 0.3 is 6.09 Å². The second-order valence-electron chi connectivity index (χ2n) is 13.9. The SMILES string of the molecule is CC.CC.CC[C@H]1OC(CO)C(C)C(=O)CCC(C)C[C@@H](C)C(=O)C(C)C2N(CCCCCn3cnc(-c4cccnc4)c3)C(=O)O[C@@]21C.COC. The molecule has 2 aliphatic heterocycles. The first-order chi connectivity index (χ1) is 24.9. The second kappa shape index (κ2) is 24.2. The van der Waals surface area contributed by atoms with E-state index in [0.29, 0.717) is 32.2 Å². The van der Waals surface area contributed by atoms with Gasteiger partial charge in [0.05, 0.1) is 36.9 Å². The summed E-state index contributed by atoms with van der Waals surface area (Å²) in [6.45, 7) is 20.5. The molecule has 1 N–H and O–H groups in total. The Morgan fingerprint density at radius 3 is 2.25 bits per heavy atom. The van der Waals surface area contributed by atoms with Crippen molar-refractivity contribution in [3.8, 4) is 11.3 Å². The minimum atomic E-state index is -1.13. The Bertz CT molecular complexity index is 1310. The van der Waals surface area contributed by atoms with E-state index in [9.17, 15) is 19.5 Å². The van der Waals surface area contributed by atoms with Crippen LogP contribution in [0, 0.1) is 23.7 Å². The lowest BCUT2D eigenvalue weighted by atomic mass is 9.75. The number of methoxy groups -OCH3 is 1. The minimum Gasteiger partial charge on any atom is -0.438 e. The number of aromatic nitrogens is 3. The Hall–Kier alpha value is -3.15. The molecule has 2 saturated heterocycles. The molecule has 5 unspecified atom stereocenters. The van der Waals surface area contributed by atoms with Gasteiger partial charge in [0.2, 0.25) is 0 Å². The van der Waals surface area contributed by atoms with E-state index in [1.54, 1.807) is 38.4 Å². The topological polar surface area (TPSA) is 133 Å². The molecule has 0 bridgehead atoms. The molecule has 4 rings (SSSR count). The van der Waals surface area contributed by atoms with Crippen molar-refractivity contribution in [1.29, 1.82) is 0 Å². The average Bonchev–Trinajstić information content (AvgIpc) is 3.73. The smallest absolute Gasteiger partial charge is 0.410 e. The van der Waals surface area contributed by atoms with Gasteiger partial charge in [-0.1, -0.05) is 62.3 Å². The summed E-state index contributed by atoms with van der Waals surface area (Å²) in [5.74, 6) is -0.876. The third kappa shape index (κ3) is 12.8. The van der Waals surface area contributed by atoms with E-state index in [0.717, 1.165) is 37.1 Å². The number of carbonyl (C=O) groups excluding carboxylic acids is 3. The molecule has 296 valence electrons. The van der Waals surface area contributed by atoms with Gasteiger partial charge < -0.3 is 28.8 Å². The van der Waals surface area contributed by atoms with Gasteiger partial charge in [-0.2, -0.15) is 0 Å².